The molecule has 0 aliphatic heterocycles. The standard InChI is InChI=1S/C11H10O2/c1-7(12)8-2-4-10-9(6-8)3-5-11(10)13/h2,4,6,12H,1,3,5H2. The van der Waals surface area contributed by atoms with Crippen LogP contribution in [0.5, 0.6) is 0 Å². The van der Waals surface area contributed by atoms with Crippen molar-refractivity contribution < 1.29 is 9.90 Å². The smallest absolute Gasteiger partial charge is 0.163 e. The molecule has 1 aromatic carbocycles. The quantitative estimate of drug-likeness (QED) is 0.663. The second kappa shape index (κ2) is 2.73. The highest BCUT2D eigenvalue weighted by molar-refractivity contribution is 6.00. The summed E-state index contributed by atoms with van der Waals surface area (Å²) >= 11 is 0. The second-order valence-corrected chi connectivity index (χ2v) is 3.24. The van der Waals surface area contributed by atoms with Crippen LogP contribution in [0.1, 0.15) is 27.9 Å². The number of rotatable bonds is 1. The van der Waals surface area contributed by atoms with E-state index in [1.54, 1.807) is 12.1 Å². The number of carbonyl (C=O) groups excluding carboxylic acids is 1. The molecule has 0 saturated carbocycles. The molecule has 1 N–H and O–H groups in total. The van der Waals surface area contributed by atoms with Gasteiger partial charge in [-0.2, -0.15) is 0 Å². The fraction of sp³-hybridized carbons (Fsp3) is 0.182. The third-order valence-corrected chi connectivity index (χ3v) is 2.36. The van der Waals surface area contributed by atoms with E-state index in [1.807, 2.05) is 6.07 Å². The van der Waals surface area contributed by atoms with Crippen molar-refractivity contribution in [2.45, 2.75) is 12.8 Å². The highest BCUT2D eigenvalue weighted by Crippen LogP contribution is 2.24. The normalized spacial score (nSPS) is 14.3. The van der Waals surface area contributed by atoms with Crippen molar-refractivity contribution in [2.75, 3.05) is 0 Å². The van der Waals surface area contributed by atoms with E-state index in [0.29, 0.717) is 12.0 Å². The number of hydrogen-bond donors (Lipinski definition) is 1. The third-order valence-electron chi connectivity index (χ3n) is 2.36. The van der Waals surface area contributed by atoms with Crippen molar-refractivity contribution in [3.05, 3.63) is 41.5 Å². The molecule has 0 bridgehead atoms. The van der Waals surface area contributed by atoms with Gasteiger partial charge in [-0.25, -0.2) is 0 Å². The van der Waals surface area contributed by atoms with Gasteiger partial charge < -0.3 is 5.11 Å². The highest BCUT2D eigenvalue weighted by atomic mass is 16.3. The van der Waals surface area contributed by atoms with Crippen LogP contribution in [0, 0.1) is 0 Å². The molecule has 66 valence electrons. The summed E-state index contributed by atoms with van der Waals surface area (Å²) in [7, 11) is 0. The lowest BCUT2D eigenvalue weighted by Crippen LogP contribution is -1.91. The van der Waals surface area contributed by atoms with Gasteiger partial charge in [-0.05, 0) is 18.1 Å². The van der Waals surface area contributed by atoms with Crippen LogP contribution in [-0.2, 0) is 6.42 Å². The first-order valence-electron chi connectivity index (χ1n) is 4.23. The van der Waals surface area contributed by atoms with Gasteiger partial charge in [0.1, 0.15) is 5.76 Å². The lowest BCUT2D eigenvalue weighted by Gasteiger charge is -2.01. The number of aliphatic hydroxyl groups excluding tert-OH is 1. The predicted octanol–water partition coefficient (Wildman–Crippen LogP) is 2.34. The van der Waals surface area contributed by atoms with E-state index in [4.69, 9.17) is 5.11 Å². The van der Waals surface area contributed by atoms with Crippen molar-refractivity contribution in [1.82, 2.24) is 0 Å². The summed E-state index contributed by atoms with van der Waals surface area (Å²) in [4.78, 5) is 11.3. The molecular formula is C11H10O2. The van der Waals surface area contributed by atoms with Crippen LogP contribution in [0.4, 0.5) is 0 Å². The van der Waals surface area contributed by atoms with E-state index in [1.165, 1.54) is 0 Å². The third kappa shape index (κ3) is 1.24. The molecule has 0 atom stereocenters. The van der Waals surface area contributed by atoms with Gasteiger partial charge in [0, 0.05) is 17.5 Å². The summed E-state index contributed by atoms with van der Waals surface area (Å²) in [5.74, 6) is 0.257. The van der Waals surface area contributed by atoms with Crippen molar-refractivity contribution in [3.8, 4) is 0 Å². The number of hydrogen-bond acceptors (Lipinski definition) is 2. The van der Waals surface area contributed by atoms with Gasteiger partial charge in [-0.3, -0.25) is 4.79 Å². The molecule has 2 nitrogen and oxygen atoms in total. The molecule has 0 unspecified atom stereocenters. The van der Waals surface area contributed by atoms with E-state index < -0.39 is 0 Å². The van der Waals surface area contributed by atoms with Crippen LogP contribution in [0.3, 0.4) is 0 Å². The zero-order chi connectivity index (χ0) is 9.42. The van der Waals surface area contributed by atoms with Crippen molar-refractivity contribution in [1.29, 1.82) is 0 Å². The number of carbonyl (C=O) groups is 1. The summed E-state index contributed by atoms with van der Waals surface area (Å²) in [6.07, 6.45) is 1.38. The summed E-state index contributed by atoms with van der Waals surface area (Å²) in [6.45, 7) is 3.44. The molecule has 0 aromatic heterocycles. The number of aryl methyl sites for hydroxylation is 1. The Balaban J connectivity index is 2.51. The van der Waals surface area contributed by atoms with E-state index in [2.05, 4.69) is 6.58 Å². The number of aliphatic hydroxyl groups is 1. The molecule has 0 amide bonds. The number of benzene rings is 1. The Kier molecular flexibility index (Phi) is 1.69. The topological polar surface area (TPSA) is 37.3 Å². The molecule has 0 saturated heterocycles. The molecule has 1 aliphatic rings. The maximum absolute atomic E-state index is 11.3. The van der Waals surface area contributed by atoms with Crippen LogP contribution in [-0.4, -0.2) is 10.9 Å². The van der Waals surface area contributed by atoms with E-state index in [-0.39, 0.29) is 11.5 Å². The Hall–Kier alpha value is -1.57. The molecule has 1 aromatic rings. The molecule has 1 aliphatic carbocycles. The largest absolute Gasteiger partial charge is 0.508 e. The summed E-state index contributed by atoms with van der Waals surface area (Å²) in [6, 6.07) is 5.33. The molecule has 13 heavy (non-hydrogen) atoms. The van der Waals surface area contributed by atoms with Gasteiger partial charge >= 0.3 is 0 Å². The molecule has 0 spiro atoms. The maximum atomic E-state index is 11.3. The molecule has 0 heterocycles. The maximum Gasteiger partial charge on any atom is 0.163 e. The molecule has 2 heteroatoms. The van der Waals surface area contributed by atoms with Crippen LogP contribution in [0.25, 0.3) is 5.76 Å². The Morgan fingerprint density at radius 1 is 1.38 bits per heavy atom. The van der Waals surface area contributed by atoms with Crippen LogP contribution < -0.4 is 0 Å². The van der Waals surface area contributed by atoms with Crippen LogP contribution in [0.2, 0.25) is 0 Å². The minimum absolute atomic E-state index is 0.0575. The van der Waals surface area contributed by atoms with Crippen LogP contribution in [0.15, 0.2) is 24.8 Å². The van der Waals surface area contributed by atoms with E-state index >= 15 is 0 Å². The first-order chi connectivity index (χ1) is 6.18. The Labute approximate surface area is 76.5 Å². The van der Waals surface area contributed by atoms with Gasteiger partial charge in [0.15, 0.2) is 5.78 Å². The molecule has 0 radical (unpaired) electrons. The Bertz CT molecular complexity index is 391. The van der Waals surface area contributed by atoms with Crippen LogP contribution >= 0.6 is 0 Å². The van der Waals surface area contributed by atoms with Crippen molar-refractivity contribution >= 4 is 11.5 Å². The van der Waals surface area contributed by atoms with Crippen molar-refractivity contribution in [3.63, 3.8) is 0 Å². The van der Waals surface area contributed by atoms with E-state index in [0.717, 1.165) is 17.5 Å². The Morgan fingerprint density at radius 2 is 2.15 bits per heavy atom. The zero-order valence-electron chi connectivity index (χ0n) is 7.21. The lowest BCUT2D eigenvalue weighted by molar-refractivity contribution is 0.0994. The minimum atomic E-state index is 0.0575. The summed E-state index contributed by atoms with van der Waals surface area (Å²) in [5, 5.41) is 9.14. The van der Waals surface area contributed by atoms with Gasteiger partial charge in [0.05, 0.1) is 0 Å². The average molecular weight is 174 g/mol. The van der Waals surface area contributed by atoms with Gasteiger partial charge in [-0.15, -0.1) is 0 Å². The molecular weight excluding hydrogens is 164 g/mol. The molecule has 2 rings (SSSR count). The average Bonchev–Trinajstić information content (AvgIpc) is 2.47. The second-order valence-electron chi connectivity index (χ2n) is 3.24. The monoisotopic (exact) mass is 174 g/mol. The number of Topliss-reactive ketones (excluding diaryl/α,β-unsaturated/α-hetero) is 1. The van der Waals surface area contributed by atoms with Gasteiger partial charge in [0.25, 0.3) is 0 Å². The van der Waals surface area contributed by atoms with E-state index in [9.17, 15) is 4.79 Å². The fourth-order valence-electron chi connectivity index (χ4n) is 1.63. The highest BCUT2D eigenvalue weighted by Gasteiger charge is 2.19. The zero-order valence-corrected chi connectivity index (χ0v) is 7.21. The molecule has 0 fully saturated rings. The first-order valence-corrected chi connectivity index (χ1v) is 4.23. The number of fused-ring (bicyclic) bond motifs is 1. The lowest BCUT2D eigenvalue weighted by atomic mass is 10.1. The fourth-order valence-corrected chi connectivity index (χ4v) is 1.63. The SMILES string of the molecule is C=C(O)c1ccc2c(c1)CCC2=O. The van der Waals surface area contributed by atoms with Gasteiger partial charge in [-0.1, -0.05) is 18.7 Å². The number of ketones is 1. The Morgan fingerprint density at radius 3 is 2.85 bits per heavy atom. The predicted molar refractivity (Wildman–Crippen MR) is 50.8 cm³/mol. The van der Waals surface area contributed by atoms with Gasteiger partial charge in [0.2, 0.25) is 0 Å². The van der Waals surface area contributed by atoms with Crippen molar-refractivity contribution in [2.24, 2.45) is 0 Å². The summed E-state index contributed by atoms with van der Waals surface area (Å²) < 4.78 is 0. The minimum Gasteiger partial charge on any atom is -0.508 e. The summed E-state index contributed by atoms with van der Waals surface area (Å²) in [5.41, 5.74) is 2.52. The first kappa shape index (κ1) is 8.05.